The van der Waals surface area contributed by atoms with E-state index in [1.165, 1.54) is 0 Å². The summed E-state index contributed by atoms with van der Waals surface area (Å²) in [6, 6.07) is 5.12. The van der Waals surface area contributed by atoms with Crippen LogP contribution < -0.4 is 0 Å². The summed E-state index contributed by atoms with van der Waals surface area (Å²) in [5.74, 6) is 0.260. The third-order valence-electron chi connectivity index (χ3n) is 0.847. The SMILES string of the molecule is Oc1cc(Br)cc(Br)c1.[Na]. The maximum absolute atomic E-state index is 8.93. The van der Waals surface area contributed by atoms with Gasteiger partial charge in [-0.15, -0.1) is 0 Å². The molecule has 1 N–H and O–H groups in total. The first-order valence-corrected chi connectivity index (χ1v) is 3.92. The Morgan fingerprint density at radius 1 is 1.00 bits per heavy atom. The summed E-state index contributed by atoms with van der Waals surface area (Å²) in [7, 11) is 0. The fraction of sp³-hybridized carbons (Fsp3) is 0. The number of halogens is 2. The normalized spacial score (nSPS) is 8.60. The molecule has 0 amide bonds. The third-order valence-corrected chi connectivity index (χ3v) is 1.76. The van der Waals surface area contributed by atoms with Gasteiger partial charge in [0, 0.05) is 38.5 Å². The summed E-state index contributed by atoms with van der Waals surface area (Å²) in [5.41, 5.74) is 0. The van der Waals surface area contributed by atoms with Gasteiger partial charge in [-0.2, -0.15) is 0 Å². The van der Waals surface area contributed by atoms with E-state index in [1.807, 2.05) is 6.07 Å². The van der Waals surface area contributed by atoms with Crippen LogP contribution in [0.25, 0.3) is 0 Å². The Morgan fingerprint density at radius 3 is 1.70 bits per heavy atom. The van der Waals surface area contributed by atoms with Crippen LogP contribution in [0.2, 0.25) is 0 Å². The van der Waals surface area contributed by atoms with Crippen LogP contribution in [0.15, 0.2) is 27.1 Å². The molecule has 0 heterocycles. The number of rotatable bonds is 0. The van der Waals surface area contributed by atoms with Gasteiger partial charge in [0.15, 0.2) is 0 Å². The molecule has 0 aliphatic heterocycles. The van der Waals surface area contributed by atoms with Gasteiger partial charge in [-0.1, -0.05) is 31.9 Å². The molecule has 1 rings (SSSR count). The molecule has 1 aromatic rings. The molecule has 0 aliphatic rings. The van der Waals surface area contributed by atoms with E-state index in [2.05, 4.69) is 31.9 Å². The first-order chi connectivity index (χ1) is 4.18. The van der Waals surface area contributed by atoms with E-state index < -0.39 is 0 Å². The molecule has 0 fully saturated rings. The van der Waals surface area contributed by atoms with Crippen molar-refractivity contribution < 1.29 is 5.11 Å². The molecule has 1 nitrogen and oxygen atoms in total. The smallest absolute Gasteiger partial charge is 0.117 e. The van der Waals surface area contributed by atoms with Gasteiger partial charge >= 0.3 is 0 Å². The van der Waals surface area contributed by atoms with Crippen molar-refractivity contribution in [3.63, 3.8) is 0 Å². The van der Waals surface area contributed by atoms with Crippen molar-refractivity contribution in [3.8, 4) is 5.75 Å². The topological polar surface area (TPSA) is 20.2 Å². The average molecular weight is 275 g/mol. The van der Waals surface area contributed by atoms with E-state index in [0.717, 1.165) is 8.95 Å². The molecule has 0 atom stereocenters. The maximum atomic E-state index is 8.93. The van der Waals surface area contributed by atoms with Crippen LogP contribution in [0.5, 0.6) is 5.75 Å². The second-order valence-electron chi connectivity index (χ2n) is 1.63. The van der Waals surface area contributed by atoms with Gasteiger partial charge < -0.3 is 5.11 Å². The van der Waals surface area contributed by atoms with E-state index in [-0.39, 0.29) is 35.3 Å². The Balaban J connectivity index is 0.000000810. The number of benzene rings is 1. The molecule has 0 bridgehead atoms. The molecule has 0 aromatic heterocycles. The van der Waals surface area contributed by atoms with Crippen LogP contribution in [0.4, 0.5) is 0 Å². The van der Waals surface area contributed by atoms with Crippen LogP contribution in [-0.2, 0) is 0 Å². The summed E-state index contributed by atoms with van der Waals surface area (Å²) in [6.07, 6.45) is 0. The fourth-order valence-corrected chi connectivity index (χ4v) is 1.81. The monoisotopic (exact) mass is 273 g/mol. The maximum Gasteiger partial charge on any atom is 0.117 e. The van der Waals surface area contributed by atoms with Gasteiger partial charge in [-0.3, -0.25) is 0 Å². The molecule has 0 spiro atoms. The number of phenols is 1. The zero-order valence-corrected chi connectivity index (χ0v) is 10.6. The van der Waals surface area contributed by atoms with Crippen LogP contribution in [0.3, 0.4) is 0 Å². The van der Waals surface area contributed by atoms with Gasteiger partial charge in [0.1, 0.15) is 5.75 Å². The molecule has 0 saturated heterocycles. The molecular weight excluding hydrogens is 271 g/mol. The molecule has 1 radical (unpaired) electrons. The van der Waals surface area contributed by atoms with E-state index in [1.54, 1.807) is 12.1 Å². The first-order valence-electron chi connectivity index (χ1n) is 2.33. The number of hydrogen-bond donors (Lipinski definition) is 1. The molecule has 49 valence electrons. The molecule has 10 heavy (non-hydrogen) atoms. The van der Waals surface area contributed by atoms with E-state index in [9.17, 15) is 0 Å². The number of hydrogen-bond acceptors (Lipinski definition) is 1. The zero-order valence-electron chi connectivity index (χ0n) is 5.44. The summed E-state index contributed by atoms with van der Waals surface area (Å²) in [5, 5.41) is 8.93. The van der Waals surface area contributed by atoms with Crippen molar-refractivity contribution in [2.75, 3.05) is 0 Å². The van der Waals surface area contributed by atoms with Gasteiger partial charge in [-0.25, -0.2) is 0 Å². The van der Waals surface area contributed by atoms with E-state index in [0.29, 0.717) is 0 Å². The van der Waals surface area contributed by atoms with Gasteiger partial charge in [-0.05, 0) is 18.2 Å². The summed E-state index contributed by atoms with van der Waals surface area (Å²) >= 11 is 6.45. The summed E-state index contributed by atoms with van der Waals surface area (Å²) < 4.78 is 1.74. The number of aromatic hydroxyl groups is 1. The van der Waals surface area contributed by atoms with Crippen LogP contribution in [0, 0.1) is 0 Å². The van der Waals surface area contributed by atoms with Crippen molar-refractivity contribution in [2.45, 2.75) is 0 Å². The summed E-state index contributed by atoms with van der Waals surface area (Å²) in [6.45, 7) is 0. The van der Waals surface area contributed by atoms with Crippen LogP contribution >= 0.6 is 31.9 Å². The molecule has 0 unspecified atom stereocenters. The van der Waals surface area contributed by atoms with Gasteiger partial charge in [0.2, 0.25) is 0 Å². The van der Waals surface area contributed by atoms with Crippen LogP contribution in [0.1, 0.15) is 0 Å². The molecule has 0 aliphatic carbocycles. The Kier molecular flexibility index (Phi) is 5.24. The van der Waals surface area contributed by atoms with E-state index >= 15 is 0 Å². The molecular formula is C6H4Br2NaO. The summed E-state index contributed by atoms with van der Waals surface area (Å²) in [4.78, 5) is 0. The zero-order chi connectivity index (χ0) is 6.85. The predicted octanol–water partition coefficient (Wildman–Crippen LogP) is 2.54. The van der Waals surface area contributed by atoms with Crippen molar-refractivity contribution in [3.05, 3.63) is 27.1 Å². The fourth-order valence-electron chi connectivity index (χ4n) is 0.539. The van der Waals surface area contributed by atoms with Crippen molar-refractivity contribution in [2.24, 2.45) is 0 Å². The quantitative estimate of drug-likeness (QED) is 0.721. The second kappa shape index (κ2) is 4.78. The standard InChI is InChI=1S/C6H4Br2O.Na/c7-4-1-5(8)3-6(9)2-4;/h1-3,9H;. The second-order valence-corrected chi connectivity index (χ2v) is 3.46. The number of phenolic OH excluding ortho intramolecular Hbond substituents is 1. The van der Waals surface area contributed by atoms with Gasteiger partial charge in [0.05, 0.1) is 0 Å². The minimum absolute atomic E-state index is 0. The van der Waals surface area contributed by atoms with Gasteiger partial charge in [0.25, 0.3) is 0 Å². The Labute approximate surface area is 98.4 Å². The minimum atomic E-state index is 0. The largest absolute Gasteiger partial charge is 0.508 e. The van der Waals surface area contributed by atoms with Crippen molar-refractivity contribution >= 4 is 61.4 Å². The predicted molar refractivity (Wildman–Crippen MR) is 49.3 cm³/mol. The Hall–Kier alpha value is 0.980. The van der Waals surface area contributed by atoms with Crippen molar-refractivity contribution in [1.29, 1.82) is 0 Å². The average Bonchev–Trinajstić information content (AvgIpc) is 1.59. The minimum Gasteiger partial charge on any atom is -0.508 e. The Bertz CT molecular complexity index is 177. The molecule has 0 saturated carbocycles. The third kappa shape index (κ3) is 3.39. The first kappa shape index (κ1) is 11.0. The Morgan fingerprint density at radius 2 is 1.40 bits per heavy atom. The molecule has 1 aromatic carbocycles. The molecule has 4 heteroatoms. The van der Waals surface area contributed by atoms with Crippen molar-refractivity contribution in [1.82, 2.24) is 0 Å². The van der Waals surface area contributed by atoms with E-state index in [4.69, 9.17) is 5.11 Å². The van der Waals surface area contributed by atoms with Crippen LogP contribution in [-0.4, -0.2) is 34.7 Å².